The van der Waals surface area contributed by atoms with E-state index >= 15 is 0 Å². The molecule has 1 fully saturated rings. The van der Waals surface area contributed by atoms with E-state index in [1.807, 2.05) is 18.2 Å². The molecule has 1 saturated carbocycles. The average Bonchev–Trinajstić information content (AvgIpc) is 2.96. The maximum absolute atomic E-state index is 9.71. The van der Waals surface area contributed by atoms with Gasteiger partial charge in [0.15, 0.2) is 0 Å². The Morgan fingerprint density at radius 3 is 2.48 bits per heavy atom. The van der Waals surface area contributed by atoms with Gasteiger partial charge in [0.1, 0.15) is 23.4 Å². The van der Waals surface area contributed by atoms with E-state index in [-0.39, 0.29) is 17.6 Å². The number of fused-ring (bicyclic) bond motifs is 3. The third-order valence-corrected chi connectivity index (χ3v) is 4.83. The first-order valence-electron chi connectivity index (χ1n) is 7.51. The van der Waals surface area contributed by atoms with Crippen LogP contribution in [0.4, 0.5) is 0 Å². The summed E-state index contributed by atoms with van der Waals surface area (Å²) in [6.07, 6.45) is 3.57. The zero-order chi connectivity index (χ0) is 14.4. The van der Waals surface area contributed by atoms with Gasteiger partial charge in [0.05, 0.1) is 0 Å². The molecule has 2 aromatic rings. The van der Waals surface area contributed by atoms with Crippen LogP contribution in [-0.4, -0.2) is 10.2 Å². The minimum absolute atomic E-state index is 0.00685. The highest BCUT2D eigenvalue weighted by Gasteiger charge is 2.41. The SMILES string of the molecule is Oc1ccc([C@@H]2Oc3cc(O)ccc3[C@H]3CCC[C@H]32)cc1. The van der Waals surface area contributed by atoms with Gasteiger partial charge in [0, 0.05) is 12.0 Å². The Morgan fingerprint density at radius 2 is 1.67 bits per heavy atom. The molecule has 2 aliphatic rings. The zero-order valence-corrected chi connectivity index (χ0v) is 11.7. The van der Waals surface area contributed by atoms with Gasteiger partial charge in [-0.2, -0.15) is 0 Å². The zero-order valence-electron chi connectivity index (χ0n) is 11.7. The largest absolute Gasteiger partial charge is 0.508 e. The smallest absolute Gasteiger partial charge is 0.127 e. The summed E-state index contributed by atoms with van der Waals surface area (Å²) in [5, 5.41) is 19.2. The highest BCUT2D eigenvalue weighted by molar-refractivity contribution is 5.45. The normalized spacial score (nSPS) is 26.8. The van der Waals surface area contributed by atoms with Crippen LogP contribution in [-0.2, 0) is 0 Å². The van der Waals surface area contributed by atoms with E-state index in [9.17, 15) is 10.2 Å². The highest BCUT2D eigenvalue weighted by Crippen LogP contribution is 2.54. The number of hydrogen-bond acceptors (Lipinski definition) is 3. The maximum Gasteiger partial charge on any atom is 0.127 e. The average molecular weight is 282 g/mol. The molecule has 2 aromatic carbocycles. The van der Waals surface area contributed by atoms with Crippen molar-refractivity contribution < 1.29 is 14.9 Å². The number of phenolic OH excluding ortho intramolecular Hbond substituents is 2. The van der Waals surface area contributed by atoms with Gasteiger partial charge in [0.2, 0.25) is 0 Å². The van der Waals surface area contributed by atoms with E-state index in [1.54, 1.807) is 24.3 Å². The second-order valence-corrected chi connectivity index (χ2v) is 6.05. The van der Waals surface area contributed by atoms with E-state index < -0.39 is 0 Å². The summed E-state index contributed by atoms with van der Waals surface area (Å²) in [7, 11) is 0. The number of ether oxygens (including phenoxy) is 1. The number of rotatable bonds is 1. The van der Waals surface area contributed by atoms with E-state index in [0.29, 0.717) is 11.8 Å². The molecule has 108 valence electrons. The van der Waals surface area contributed by atoms with E-state index in [1.165, 1.54) is 18.4 Å². The van der Waals surface area contributed by atoms with Crippen molar-refractivity contribution in [1.82, 2.24) is 0 Å². The lowest BCUT2D eigenvalue weighted by atomic mass is 9.80. The van der Waals surface area contributed by atoms with E-state index in [2.05, 4.69) is 0 Å². The summed E-state index contributed by atoms with van der Waals surface area (Å²) >= 11 is 0. The van der Waals surface area contributed by atoms with Crippen LogP contribution < -0.4 is 4.74 Å². The van der Waals surface area contributed by atoms with Crippen molar-refractivity contribution in [1.29, 1.82) is 0 Å². The Labute approximate surface area is 123 Å². The van der Waals surface area contributed by atoms with Crippen LogP contribution in [0.1, 0.15) is 42.4 Å². The van der Waals surface area contributed by atoms with Gasteiger partial charge in [-0.15, -0.1) is 0 Å². The first-order valence-corrected chi connectivity index (χ1v) is 7.51. The van der Waals surface area contributed by atoms with Crippen molar-refractivity contribution >= 4 is 0 Å². The van der Waals surface area contributed by atoms with Gasteiger partial charge in [0.25, 0.3) is 0 Å². The summed E-state index contributed by atoms with van der Waals surface area (Å²) in [4.78, 5) is 0. The van der Waals surface area contributed by atoms with Crippen LogP contribution in [0.3, 0.4) is 0 Å². The Balaban J connectivity index is 1.77. The molecule has 3 nitrogen and oxygen atoms in total. The van der Waals surface area contributed by atoms with Crippen LogP contribution in [0.25, 0.3) is 0 Å². The molecule has 0 amide bonds. The van der Waals surface area contributed by atoms with Crippen LogP contribution >= 0.6 is 0 Å². The Kier molecular flexibility index (Phi) is 2.81. The van der Waals surface area contributed by atoms with Gasteiger partial charge in [-0.1, -0.05) is 24.6 Å². The van der Waals surface area contributed by atoms with Gasteiger partial charge in [-0.25, -0.2) is 0 Å². The number of phenols is 2. The topological polar surface area (TPSA) is 49.7 Å². The quantitative estimate of drug-likeness (QED) is 0.827. The Bertz CT molecular complexity index is 663. The lowest BCUT2D eigenvalue weighted by Gasteiger charge is -2.36. The second-order valence-electron chi connectivity index (χ2n) is 6.05. The molecule has 0 saturated heterocycles. The Morgan fingerprint density at radius 1 is 0.905 bits per heavy atom. The molecule has 3 atom stereocenters. The fourth-order valence-corrected chi connectivity index (χ4v) is 3.87. The van der Waals surface area contributed by atoms with Crippen molar-refractivity contribution in [2.45, 2.75) is 31.3 Å². The molecule has 2 N–H and O–H groups in total. The van der Waals surface area contributed by atoms with Gasteiger partial charge in [-0.3, -0.25) is 0 Å². The molecule has 0 spiro atoms. The monoisotopic (exact) mass is 282 g/mol. The molecular weight excluding hydrogens is 264 g/mol. The van der Waals surface area contributed by atoms with Gasteiger partial charge >= 0.3 is 0 Å². The molecule has 1 heterocycles. The molecule has 0 bridgehead atoms. The summed E-state index contributed by atoms with van der Waals surface area (Å²) in [5.74, 6) is 2.31. The molecule has 3 heteroatoms. The predicted octanol–water partition coefficient (Wildman–Crippen LogP) is 4.12. The molecule has 0 radical (unpaired) electrons. The van der Waals surface area contributed by atoms with Crippen LogP contribution in [0.5, 0.6) is 17.2 Å². The van der Waals surface area contributed by atoms with Gasteiger partial charge < -0.3 is 14.9 Å². The van der Waals surface area contributed by atoms with Crippen molar-refractivity contribution in [3.8, 4) is 17.2 Å². The maximum atomic E-state index is 9.71. The molecule has 1 aliphatic heterocycles. The second kappa shape index (κ2) is 4.69. The minimum Gasteiger partial charge on any atom is -0.508 e. The molecular formula is C18H18O3. The lowest BCUT2D eigenvalue weighted by Crippen LogP contribution is -2.26. The van der Waals surface area contributed by atoms with Crippen molar-refractivity contribution in [2.75, 3.05) is 0 Å². The summed E-state index contributed by atoms with van der Waals surface area (Å²) in [6.45, 7) is 0. The predicted molar refractivity (Wildman–Crippen MR) is 79.7 cm³/mol. The fraction of sp³-hybridized carbons (Fsp3) is 0.333. The molecule has 0 aromatic heterocycles. The highest BCUT2D eigenvalue weighted by atomic mass is 16.5. The summed E-state index contributed by atoms with van der Waals surface area (Å²) < 4.78 is 6.21. The molecule has 1 aliphatic carbocycles. The first-order chi connectivity index (χ1) is 10.2. The molecule has 21 heavy (non-hydrogen) atoms. The van der Waals surface area contributed by atoms with E-state index in [4.69, 9.17) is 4.74 Å². The Hall–Kier alpha value is -2.16. The number of hydrogen-bond donors (Lipinski definition) is 2. The number of aromatic hydroxyl groups is 2. The van der Waals surface area contributed by atoms with Crippen molar-refractivity contribution in [3.63, 3.8) is 0 Å². The molecule has 0 unspecified atom stereocenters. The summed E-state index contributed by atoms with van der Waals surface area (Å²) in [6, 6.07) is 12.8. The van der Waals surface area contributed by atoms with E-state index in [0.717, 1.165) is 17.7 Å². The minimum atomic E-state index is 0.00685. The summed E-state index contributed by atoms with van der Waals surface area (Å²) in [5.41, 5.74) is 2.32. The van der Waals surface area contributed by atoms with Crippen LogP contribution in [0.15, 0.2) is 42.5 Å². The van der Waals surface area contributed by atoms with Gasteiger partial charge in [-0.05, 0) is 48.1 Å². The fourth-order valence-electron chi connectivity index (χ4n) is 3.87. The first kappa shape index (κ1) is 12.6. The molecule has 4 rings (SSSR count). The number of benzene rings is 2. The van der Waals surface area contributed by atoms with Crippen molar-refractivity contribution in [3.05, 3.63) is 53.6 Å². The van der Waals surface area contributed by atoms with Crippen LogP contribution in [0, 0.1) is 5.92 Å². The van der Waals surface area contributed by atoms with Crippen LogP contribution in [0.2, 0.25) is 0 Å². The van der Waals surface area contributed by atoms with Crippen molar-refractivity contribution in [2.24, 2.45) is 5.92 Å². The third-order valence-electron chi connectivity index (χ3n) is 4.83. The standard InChI is InChI=1S/C18H18O3/c19-12-6-4-11(5-7-12)18-16-3-1-2-14(16)15-9-8-13(20)10-17(15)21-18/h4-10,14,16,18-20H,1-3H2/t14-,16-,18+/m1/s1. The lowest BCUT2D eigenvalue weighted by molar-refractivity contribution is 0.104. The third kappa shape index (κ3) is 2.04.